The van der Waals surface area contributed by atoms with Crippen LogP contribution in [0.1, 0.15) is 39.3 Å². The fraction of sp³-hybridized carbons (Fsp3) is 0.261. The summed E-state index contributed by atoms with van der Waals surface area (Å²) in [6.45, 7) is 0.931. The Morgan fingerprint density at radius 2 is 1.93 bits per heavy atom. The maximum Gasteiger partial charge on any atom is 0.339 e. The van der Waals surface area contributed by atoms with E-state index in [1.54, 1.807) is 24.1 Å². The number of aromatic nitrogens is 2. The third-order valence-corrected chi connectivity index (χ3v) is 5.86. The Morgan fingerprint density at radius 1 is 1.17 bits per heavy atom. The van der Waals surface area contributed by atoms with E-state index >= 15 is 0 Å². The minimum absolute atomic E-state index is 0.164. The number of hydrogen-bond acceptors (Lipinski definition) is 5. The lowest BCUT2D eigenvalue weighted by Crippen LogP contribution is -2.48. The van der Waals surface area contributed by atoms with Crippen LogP contribution in [0, 0.1) is 0 Å². The van der Waals surface area contributed by atoms with E-state index in [2.05, 4.69) is 10.2 Å². The highest BCUT2D eigenvalue weighted by atomic mass is 16.6. The Bertz CT molecular complexity index is 1140. The van der Waals surface area contributed by atoms with E-state index < -0.39 is 5.60 Å². The summed E-state index contributed by atoms with van der Waals surface area (Å²) in [7, 11) is 1.60. The molecule has 1 N–H and O–H groups in total. The standard InChI is InChI=1S/C23H21N3O4/c1-29-20-10-5-3-8-16(20)18-13-19(25-24-18)21(27)26-12-6-11-23(14-26)17-9-4-2-7-15(17)22(28)30-23/h2-5,7-10,13H,6,11-12,14H2,1H3,(H,24,25). The number of fused-ring (bicyclic) bond motifs is 2. The van der Waals surface area contributed by atoms with Crippen molar-refractivity contribution in [2.45, 2.75) is 18.4 Å². The van der Waals surface area contributed by atoms with Gasteiger partial charge in [0, 0.05) is 17.7 Å². The molecule has 7 heteroatoms. The SMILES string of the molecule is COc1ccccc1-c1cc(C(=O)N2CCCC3(C2)OC(=O)c2ccccc23)[nH]n1. The summed E-state index contributed by atoms with van der Waals surface area (Å²) >= 11 is 0. The first kappa shape index (κ1) is 18.4. The van der Waals surface area contributed by atoms with Crippen molar-refractivity contribution in [3.63, 3.8) is 0 Å². The van der Waals surface area contributed by atoms with Crippen LogP contribution in [0.5, 0.6) is 5.75 Å². The number of likely N-dealkylation sites (tertiary alicyclic amines) is 1. The number of amides is 1. The summed E-state index contributed by atoms with van der Waals surface area (Å²) < 4.78 is 11.2. The van der Waals surface area contributed by atoms with Crippen molar-refractivity contribution in [1.82, 2.24) is 15.1 Å². The van der Waals surface area contributed by atoms with Gasteiger partial charge in [0.1, 0.15) is 11.4 Å². The van der Waals surface area contributed by atoms with Gasteiger partial charge in [0.05, 0.1) is 24.9 Å². The van der Waals surface area contributed by atoms with Crippen LogP contribution >= 0.6 is 0 Å². The molecule has 3 heterocycles. The van der Waals surface area contributed by atoms with Crippen molar-refractivity contribution >= 4 is 11.9 Å². The number of carbonyl (C=O) groups excluding carboxylic acids is 2. The molecular formula is C23H21N3O4. The molecule has 0 saturated carbocycles. The second kappa shape index (κ2) is 7.02. The van der Waals surface area contributed by atoms with Crippen LogP contribution in [0.3, 0.4) is 0 Å². The molecule has 2 aliphatic rings. The van der Waals surface area contributed by atoms with Gasteiger partial charge < -0.3 is 14.4 Å². The minimum Gasteiger partial charge on any atom is -0.496 e. The molecule has 0 radical (unpaired) electrons. The zero-order chi connectivity index (χ0) is 20.7. The van der Waals surface area contributed by atoms with E-state index in [1.165, 1.54) is 0 Å². The fourth-order valence-electron chi connectivity index (χ4n) is 4.44. The number of benzene rings is 2. The van der Waals surface area contributed by atoms with E-state index in [-0.39, 0.29) is 11.9 Å². The second-order valence-corrected chi connectivity index (χ2v) is 7.63. The number of rotatable bonds is 3. The molecule has 152 valence electrons. The molecular weight excluding hydrogens is 382 g/mol. The second-order valence-electron chi connectivity index (χ2n) is 7.63. The van der Waals surface area contributed by atoms with Crippen LogP contribution in [-0.4, -0.2) is 47.2 Å². The number of nitrogens with one attached hydrogen (secondary N) is 1. The molecule has 1 unspecified atom stereocenters. The van der Waals surface area contributed by atoms with Gasteiger partial charge in [0.15, 0.2) is 5.60 Å². The lowest BCUT2D eigenvalue weighted by Gasteiger charge is -2.39. The fourth-order valence-corrected chi connectivity index (χ4v) is 4.44. The number of para-hydroxylation sites is 1. The van der Waals surface area contributed by atoms with Gasteiger partial charge >= 0.3 is 5.97 Å². The van der Waals surface area contributed by atoms with Gasteiger partial charge in [0.2, 0.25) is 0 Å². The number of esters is 1. The summed E-state index contributed by atoms with van der Waals surface area (Å²) in [6.07, 6.45) is 1.45. The topological polar surface area (TPSA) is 84.5 Å². The number of nitrogens with zero attached hydrogens (tertiary/aromatic N) is 2. The van der Waals surface area contributed by atoms with E-state index in [0.717, 1.165) is 17.5 Å². The van der Waals surface area contributed by atoms with Crippen molar-refractivity contribution in [2.75, 3.05) is 20.2 Å². The lowest BCUT2D eigenvalue weighted by molar-refractivity contribution is -0.0443. The van der Waals surface area contributed by atoms with Crippen LogP contribution < -0.4 is 4.74 Å². The summed E-state index contributed by atoms with van der Waals surface area (Å²) in [5.74, 6) is 0.206. The molecule has 7 nitrogen and oxygen atoms in total. The Morgan fingerprint density at radius 3 is 2.77 bits per heavy atom. The van der Waals surface area contributed by atoms with Crippen LogP contribution in [-0.2, 0) is 10.3 Å². The van der Waals surface area contributed by atoms with Gasteiger partial charge in [-0.15, -0.1) is 0 Å². The zero-order valence-electron chi connectivity index (χ0n) is 16.6. The van der Waals surface area contributed by atoms with Crippen molar-refractivity contribution in [3.8, 4) is 17.0 Å². The van der Waals surface area contributed by atoms with Crippen LogP contribution in [0.2, 0.25) is 0 Å². The monoisotopic (exact) mass is 403 g/mol. The predicted molar refractivity (Wildman–Crippen MR) is 109 cm³/mol. The quantitative estimate of drug-likeness (QED) is 0.678. The minimum atomic E-state index is -0.771. The lowest BCUT2D eigenvalue weighted by atomic mass is 9.85. The van der Waals surface area contributed by atoms with E-state index in [1.807, 2.05) is 42.5 Å². The molecule has 1 saturated heterocycles. The third-order valence-electron chi connectivity index (χ3n) is 5.86. The molecule has 1 aromatic heterocycles. The summed E-state index contributed by atoms with van der Waals surface area (Å²) in [4.78, 5) is 27.3. The molecule has 2 aliphatic heterocycles. The summed E-state index contributed by atoms with van der Waals surface area (Å²) in [6, 6.07) is 16.7. The Labute approximate surface area is 173 Å². The highest BCUT2D eigenvalue weighted by Gasteiger charge is 2.48. The van der Waals surface area contributed by atoms with Crippen molar-refractivity contribution in [1.29, 1.82) is 0 Å². The Balaban J connectivity index is 1.42. The molecule has 1 fully saturated rings. The number of methoxy groups -OCH3 is 1. The number of carbonyl (C=O) groups is 2. The van der Waals surface area contributed by atoms with Gasteiger partial charge in [-0.25, -0.2) is 4.79 Å². The first-order chi connectivity index (χ1) is 14.6. The Hall–Kier alpha value is -3.61. The molecule has 3 aromatic rings. The van der Waals surface area contributed by atoms with Gasteiger partial charge in [-0.05, 0) is 37.1 Å². The Kier molecular flexibility index (Phi) is 4.31. The number of hydrogen-bond donors (Lipinski definition) is 1. The predicted octanol–water partition coefficient (Wildman–Crippen LogP) is 3.39. The smallest absolute Gasteiger partial charge is 0.339 e. The average Bonchev–Trinajstić information content (AvgIpc) is 3.37. The van der Waals surface area contributed by atoms with Crippen molar-refractivity contribution in [2.24, 2.45) is 0 Å². The zero-order valence-corrected chi connectivity index (χ0v) is 16.6. The molecule has 1 spiro atoms. The number of piperidine rings is 1. The molecule has 0 aliphatic carbocycles. The van der Waals surface area contributed by atoms with Crippen LogP contribution in [0.25, 0.3) is 11.3 Å². The largest absolute Gasteiger partial charge is 0.496 e. The molecule has 30 heavy (non-hydrogen) atoms. The van der Waals surface area contributed by atoms with Crippen molar-refractivity contribution in [3.05, 3.63) is 71.4 Å². The van der Waals surface area contributed by atoms with Crippen LogP contribution in [0.4, 0.5) is 0 Å². The average molecular weight is 403 g/mol. The first-order valence-corrected chi connectivity index (χ1v) is 9.92. The van der Waals surface area contributed by atoms with Crippen molar-refractivity contribution < 1.29 is 19.1 Å². The molecule has 1 amide bonds. The van der Waals surface area contributed by atoms with E-state index in [0.29, 0.717) is 42.2 Å². The third kappa shape index (κ3) is 2.85. The molecule has 0 bridgehead atoms. The summed E-state index contributed by atoms with van der Waals surface area (Å²) in [5.41, 5.74) is 2.53. The van der Waals surface area contributed by atoms with Crippen LogP contribution in [0.15, 0.2) is 54.6 Å². The van der Waals surface area contributed by atoms with Gasteiger partial charge in [-0.3, -0.25) is 9.89 Å². The maximum atomic E-state index is 13.2. The van der Waals surface area contributed by atoms with E-state index in [9.17, 15) is 9.59 Å². The maximum absolute atomic E-state index is 13.2. The molecule has 1 atom stereocenters. The first-order valence-electron chi connectivity index (χ1n) is 9.92. The number of aromatic amines is 1. The molecule has 2 aromatic carbocycles. The normalized spacial score (nSPS) is 20.2. The number of H-pyrrole nitrogens is 1. The van der Waals surface area contributed by atoms with E-state index in [4.69, 9.17) is 9.47 Å². The number of ether oxygens (including phenoxy) is 2. The molecule has 5 rings (SSSR count). The summed E-state index contributed by atoms with van der Waals surface area (Å²) in [5, 5.41) is 7.17. The highest BCUT2D eigenvalue weighted by Crippen LogP contribution is 2.43. The highest BCUT2D eigenvalue weighted by molar-refractivity contribution is 5.96. The van der Waals surface area contributed by atoms with Gasteiger partial charge in [-0.2, -0.15) is 5.10 Å². The van der Waals surface area contributed by atoms with Gasteiger partial charge in [0.25, 0.3) is 5.91 Å². The van der Waals surface area contributed by atoms with Gasteiger partial charge in [-0.1, -0.05) is 30.3 Å².